The maximum Gasteiger partial charge on any atom is 0.404 e. The van der Waals surface area contributed by atoms with E-state index in [1.807, 2.05) is 0 Å². The lowest BCUT2D eigenvalue weighted by Crippen LogP contribution is -2.56. The van der Waals surface area contributed by atoms with Crippen molar-refractivity contribution in [2.24, 2.45) is 0 Å². The van der Waals surface area contributed by atoms with Crippen LogP contribution in [0.1, 0.15) is 0 Å². The van der Waals surface area contributed by atoms with Gasteiger partial charge in [0.25, 0.3) is 0 Å². The molecule has 46 valence electrons. The monoisotopic (exact) mass is 116 g/mol. The van der Waals surface area contributed by atoms with Gasteiger partial charge in [-0.25, -0.2) is 4.79 Å². The molecule has 0 bridgehead atoms. The van der Waals surface area contributed by atoms with Crippen molar-refractivity contribution >= 4 is 6.09 Å². The average molecular weight is 116 g/mol. The molecule has 8 heavy (non-hydrogen) atoms. The highest BCUT2D eigenvalue weighted by Crippen LogP contribution is 1.88. The lowest BCUT2D eigenvalue weighted by molar-refractivity contribution is 0.184. The summed E-state index contributed by atoms with van der Waals surface area (Å²) < 4.78 is 0. The second-order valence-corrected chi connectivity index (χ2v) is 1.80. The predicted molar refractivity (Wildman–Crippen MR) is 27.8 cm³/mol. The third-order valence-electron chi connectivity index (χ3n) is 1.11. The highest BCUT2D eigenvalue weighted by molar-refractivity contribution is 5.65. The van der Waals surface area contributed by atoms with Crippen LogP contribution in [0.3, 0.4) is 0 Å². The highest BCUT2D eigenvalue weighted by atomic mass is 16.4. The Labute approximate surface area is 46.9 Å². The molecule has 0 aromatic rings. The van der Waals surface area contributed by atoms with E-state index in [1.165, 1.54) is 0 Å². The van der Waals surface area contributed by atoms with Crippen LogP contribution in [0, 0.1) is 0 Å². The second-order valence-electron chi connectivity index (χ2n) is 1.80. The van der Waals surface area contributed by atoms with Crippen molar-refractivity contribution in [2.75, 3.05) is 13.1 Å². The number of nitrogens with one attached hydrogen (secondary N) is 2. The summed E-state index contributed by atoms with van der Waals surface area (Å²) in [6.45, 7) is 1.54. The normalized spacial score (nSPS) is 19.5. The van der Waals surface area contributed by atoms with Crippen LogP contribution in [-0.4, -0.2) is 30.3 Å². The Kier molecular flexibility index (Phi) is 1.34. The molecule has 0 spiro atoms. The Morgan fingerprint density at radius 3 is 2.50 bits per heavy atom. The molecule has 4 heteroatoms. The first-order valence-electron chi connectivity index (χ1n) is 2.49. The third-order valence-corrected chi connectivity index (χ3v) is 1.11. The van der Waals surface area contributed by atoms with Gasteiger partial charge in [0.1, 0.15) is 0 Å². The lowest BCUT2D eigenvalue weighted by Gasteiger charge is -2.26. The van der Waals surface area contributed by atoms with Gasteiger partial charge in [-0.3, -0.25) is 0 Å². The molecule has 1 heterocycles. The van der Waals surface area contributed by atoms with Gasteiger partial charge in [0, 0.05) is 13.1 Å². The zero-order chi connectivity index (χ0) is 5.98. The fraction of sp³-hybridized carbons (Fsp3) is 0.750. The molecule has 1 rings (SSSR count). The van der Waals surface area contributed by atoms with E-state index in [0.717, 1.165) is 13.1 Å². The van der Waals surface area contributed by atoms with Gasteiger partial charge in [0.2, 0.25) is 0 Å². The Hall–Kier alpha value is -0.770. The van der Waals surface area contributed by atoms with Crippen LogP contribution < -0.4 is 10.6 Å². The standard InChI is InChI=1S/C4H8N2O2/c7-4(8)6-3-1-5-2-3/h3,5-6H,1-2H2,(H,7,8). The van der Waals surface area contributed by atoms with E-state index in [0.29, 0.717) is 0 Å². The van der Waals surface area contributed by atoms with Crippen molar-refractivity contribution in [2.45, 2.75) is 6.04 Å². The zero-order valence-electron chi connectivity index (χ0n) is 4.35. The first kappa shape index (κ1) is 5.37. The molecule has 1 saturated heterocycles. The van der Waals surface area contributed by atoms with Crippen molar-refractivity contribution in [3.8, 4) is 0 Å². The van der Waals surface area contributed by atoms with Crippen molar-refractivity contribution in [1.29, 1.82) is 0 Å². The van der Waals surface area contributed by atoms with E-state index in [1.54, 1.807) is 0 Å². The maximum absolute atomic E-state index is 9.86. The van der Waals surface area contributed by atoms with Crippen LogP contribution in [0.2, 0.25) is 0 Å². The minimum Gasteiger partial charge on any atom is -0.465 e. The fourth-order valence-electron chi connectivity index (χ4n) is 0.565. The molecule has 1 fully saturated rings. The second kappa shape index (κ2) is 2.00. The Morgan fingerprint density at radius 1 is 1.75 bits per heavy atom. The average Bonchev–Trinajstić information content (AvgIpc) is 1.55. The fourth-order valence-corrected chi connectivity index (χ4v) is 0.565. The lowest BCUT2D eigenvalue weighted by atomic mass is 10.2. The van der Waals surface area contributed by atoms with Gasteiger partial charge >= 0.3 is 6.09 Å². The predicted octanol–water partition coefficient (Wildman–Crippen LogP) is -0.774. The summed E-state index contributed by atoms with van der Waals surface area (Å²) in [5.74, 6) is 0. The highest BCUT2D eigenvalue weighted by Gasteiger charge is 2.17. The van der Waals surface area contributed by atoms with Crippen LogP contribution in [0.15, 0.2) is 0 Å². The molecule has 0 radical (unpaired) electrons. The molecule has 0 unspecified atom stereocenters. The SMILES string of the molecule is O=C(O)NC1CNC1. The Balaban J connectivity index is 2.09. The van der Waals surface area contributed by atoms with Crippen LogP contribution >= 0.6 is 0 Å². The van der Waals surface area contributed by atoms with Crippen molar-refractivity contribution in [3.05, 3.63) is 0 Å². The molecule has 0 aromatic heterocycles. The quantitative estimate of drug-likeness (QED) is 0.421. The maximum atomic E-state index is 9.86. The number of carbonyl (C=O) groups is 1. The summed E-state index contributed by atoms with van der Waals surface area (Å²) >= 11 is 0. The van der Waals surface area contributed by atoms with E-state index < -0.39 is 6.09 Å². The van der Waals surface area contributed by atoms with Crippen LogP contribution in [0.5, 0.6) is 0 Å². The van der Waals surface area contributed by atoms with Gasteiger partial charge in [0.05, 0.1) is 6.04 Å². The first-order chi connectivity index (χ1) is 3.79. The summed E-state index contributed by atoms with van der Waals surface area (Å²) in [5.41, 5.74) is 0. The van der Waals surface area contributed by atoms with E-state index in [9.17, 15) is 4.79 Å². The first-order valence-corrected chi connectivity index (χ1v) is 2.49. The number of rotatable bonds is 1. The van der Waals surface area contributed by atoms with Crippen LogP contribution in [0.4, 0.5) is 4.79 Å². The Bertz CT molecular complexity index is 100. The molecule has 1 aliphatic rings. The van der Waals surface area contributed by atoms with E-state index in [2.05, 4.69) is 10.6 Å². The van der Waals surface area contributed by atoms with E-state index in [-0.39, 0.29) is 6.04 Å². The summed E-state index contributed by atoms with van der Waals surface area (Å²) in [6, 6.07) is 0.146. The number of carboxylic acid groups (broad SMARTS) is 1. The Morgan fingerprint density at radius 2 is 2.38 bits per heavy atom. The van der Waals surface area contributed by atoms with E-state index in [4.69, 9.17) is 5.11 Å². The van der Waals surface area contributed by atoms with Gasteiger partial charge in [-0.05, 0) is 0 Å². The number of hydrogen-bond acceptors (Lipinski definition) is 2. The number of hydrogen-bond donors (Lipinski definition) is 3. The molecular formula is C4H8N2O2. The molecule has 0 aromatic carbocycles. The molecular weight excluding hydrogens is 108 g/mol. The molecule has 0 saturated carbocycles. The van der Waals surface area contributed by atoms with Gasteiger partial charge < -0.3 is 15.7 Å². The molecule has 4 nitrogen and oxygen atoms in total. The summed E-state index contributed by atoms with van der Waals surface area (Å²) in [5, 5.41) is 13.4. The minimum absolute atomic E-state index is 0.146. The molecule has 1 aliphatic heterocycles. The largest absolute Gasteiger partial charge is 0.465 e. The van der Waals surface area contributed by atoms with Gasteiger partial charge in [-0.2, -0.15) is 0 Å². The molecule has 0 atom stereocenters. The molecule has 0 aliphatic carbocycles. The van der Waals surface area contributed by atoms with Crippen molar-refractivity contribution < 1.29 is 9.90 Å². The van der Waals surface area contributed by atoms with E-state index >= 15 is 0 Å². The zero-order valence-corrected chi connectivity index (χ0v) is 4.35. The number of amides is 1. The summed E-state index contributed by atoms with van der Waals surface area (Å²) in [6.07, 6.45) is -0.934. The summed E-state index contributed by atoms with van der Waals surface area (Å²) in [4.78, 5) is 9.86. The topological polar surface area (TPSA) is 61.4 Å². The van der Waals surface area contributed by atoms with Gasteiger partial charge in [0.15, 0.2) is 0 Å². The third kappa shape index (κ3) is 1.10. The molecule has 1 amide bonds. The van der Waals surface area contributed by atoms with Crippen LogP contribution in [-0.2, 0) is 0 Å². The van der Waals surface area contributed by atoms with Gasteiger partial charge in [-0.1, -0.05) is 0 Å². The minimum atomic E-state index is -0.934. The van der Waals surface area contributed by atoms with Crippen molar-refractivity contribution in [1.82, 2.24) is 10.6 Å². The molecule has 3 N–H and O–H groups in total. The van der Waals surface area contributed by atoms with Crippen LogP contribution in [0.25, 0.3) is 0 Å². The van der Waals surface area contributed by atoms with Gasteiger partial charge in [-0.15, -0.1) is 0 Å². The smallest absolute Gasteiger partial charge is 0.404 e. The van der Waals surface area contributed by atoms with Crippen molar-refractivity contribution in [3.63, 3.8) is 0 Å². The summed E-state index contributed by atoms with van der Waals surface area (Å²) in [7, 11) is 0.